The summed E-state index contributed by atoms with van der Waals surface area (Å²) in [7, 11) is 0. The van der Waals surface area contributed by atoms with E-state index in [2.05, 4.69) is 206 Å². The molecule has 4 aromatic rings. The van der Waals surface area contributed by atoms with Crippen LogP contribution in [0, 0.1) is 0 Å². The zero-order valence-electron chi connectivity index (χ0n) is 32.4. The Hall–Kier alpha value is 0.250. The van der Waals surface area contributed by atoms with E-state index in [1.165, 1.54) is 32.0 Å². The van der Waals surface area contributed by atoms with E-state index >= 15 is 0 Å². The monoisotopic (exact) mass is 1060 g/mol. The average Bonchev–Trinajstić information content (AvgIpc) is 3.27. The van der Waals surface area contributed by atoms with Crippen LogP contribution < -0.4 is 0 Å². The summed E-state index contributed by atoms with van der Waals surface area (Å²) in [6.07, 6.45) is -1.48. The molecule has 0 saturated carbocycles. The summed E-state index contributed by atoms with van der Waals surface area (Å²) >= 11 is 49.4. The van der Waals surface area contributed by atoms with E-state index in [0.29, 0.717) is 0 Å². The Morgan fingerprint density at radius 3 is 1.15 bits per heavy atom. The van der Waals surface area contributed by atoms with Gasteiger partial charge < -0.3 is 25.2 Å². The van der Waals surface area contributed by atoms with Crippen LogP contribution >= 0.6 is 163 Å². The Bertz CT molecular complexity index is 1560. The number of rotatable bonds is 16. The third-order valence-electron chi connectivity index (χ3n) is 6.82. The topological polar surface area (TPSA) is 124 Å². The van der Waals surface area contributed by atoms with E-state index in [1.807, 2.05) is 42.5 Å². The number of carbonyl (C=O) groups is 2. The van der Waals surface area contributed by atoms with Gasteiger partial charge in [-0.1, -0.05) is 60.3 Å². The van der Waals surface area contributed by atoms with Gasteiger partial charge in [0, 0.05) is 65.6 Å². The maximum absolute atomic E-state index is 10.1. The number of hydrogen-bond donors (Lipinski definition) is 16. The van der Waals surface area contributed by atoms with E-state index in [0.717, 1.165) is 57.5 Å². The fourth-order valence-electron chi connectivity index (χ4n) is 3.60. The summed E-state index contributed by atoms with van der Waals surface area (Å²) in [6, 6.07) is 32.8. The van der Waals surface area contributed by atoms with Crippen molar-refractivity contribution in [2.75, 3.05) is 36.2 Å². The Balaban J connectivity index is 0. The Morgan fingerprint density at radius 1 is 0.533 bits per heavy atom. The molecule has 0 unspecified atom stereocenters. The summed E-state index contributed by atoms with van der Waals surface area (Å²) < 4.78 is 4.98. The van der Waals surface area contributed by atoms with Gasteiger partial charge in [0.05, 0.1) is 25.4 Å². The van der Waals surface area contributed by atoms with Gasteiger partial charge in [0.1, 0.15) is 10.5 Å². The van der Waals surface area contributed by atoms with Crippen LogP contribution in [-0.4, -0.2) is 91.3 Å². The van der Waals surface area contributed by atoms with Crippen molar-refractivity contribution in [2.45, 2.75) is 65.3 Å². The van der Waals surface area contributed by atoms with Crippen LogP contribution in [0.15, 0.2) is 117 Å². The van der Waals surface area contributed by atoms with Crippen molar-refractivity contribution in [2.24, 2.45) is 0 Å². The highest BCUT2D eigenvalue weighted by Gasteiger charge is 2.27. The smallest absolute Gasteiger partial charge is 0.318 e. The molecular weight excluding hydrogens is 1010 g/mol. The summed E-state index contributed by atoms with van der Waals surface area (Å²) in [5, 5.41) is 31.4. The van der Waals surface area contributed by atoms with Gasteiger partial charge in [0.15, 0.2) is 0 Å². The van der Waals surface area contributed by atoms with Crippen LogP contribution in [0.2, 0.25) is 0 Å². The first-order chi connectivity index (χ1) is 28.6. The van der Waals surface area contributed by atoms with Gasteiger partial charge in [0.25, 0.3) is 0 Å². The minimum absolute atomic E-state index is 0.279. The fraction of sp³-hybridized carbons (Fsp3) is 0.350. The molecule has 0 fully saturated rings. The molecule has 0 aromatic heterocycles. The second kappa shape index (κ2) is 40.7. The molecule has 0 aliphatic heterocycles. The van der Waals surface area contributed by atoms with Crippen LogP contribution in [0.1, 0.15) is 22.3 Å². The fourth-order valence-corrected chi connectivity index (χ4v) is 6.73. The molecule has 0 aliphatic carbocycles. The molecule has 336 valence electrons. The van der Waals surface area contributed by atoms with Crippen LogP contribution in [0.4, 0.5) is 0 Å². The lowest BCUT2D eigenvalue weighted by Crippen LogP contribution is -2.31. The first-order valence-electron chi connectivity index (χ1n) is 17.6. The maximum atomic E-state index is 10.1. The molecule has 0 amide bonds. The van der Waals surface area contributed by atoms with E-state index in [9.17, 15) is 9.59 Å². The Morgan fingerprint density at radius 2 is 0.883 bits per heavy atom. The number of aliphatic carboxylic acids is 2. The lowest BCUT2D eigenvalue weighted by molar-refractivity contribution is -0.142. The third kappa shape index (κ3) is 32.0. The highest BCUT2D eigenvalue weighted by Crippen LogP contribution is 2.28. The second-order valence-electron chi connectivity index (χ2n) is 11.4. The molecule has 4 rings (SSSR count). The van der Waals surface area contributed by atoms with Gasteiger partial charge in [-0.15, -0.1) is 25.3 Å². The van der Waals surface area contributed by atoms with Gasteiger partial charge >= 0.3 is 11.9 Å². The minimum atomic E-state index is -1.29. The van der Waals surface area contributed by atoms with Crippen molar-refractivity contribution in [1.82, 2.24) is 0 Å². The molecule has 0 aliphatic rings. The van der Waals surface area contributed by atoms with Crippen molar-refractivity contribution in [3.05, 3.63) is 119 Å². The first kappa shape index (κ1) is 62.3. The number of benzene rings is 4. The number of aliphatic hydroxyl groups is 2. The van der Waals surface area contributed by atoms with E-state index in [-0.39, 0.29) is 11.5 Å². The second-order valence-corrected chi connectivity index (χ2v) is 17.6. The Kier molecular flexibility index (Phi) is 42.3. The SMILES string of the molecule is O=C(O)[C@@H](S)[C@@H](S)C(=O)O.O[C@@H](CS)[C@@H](O)CS.SCCOCCS.SCc1cccc(CS)c1.SCc1ccccc1CS.Sc1ccc(Sc2ccc(S)cc2)cc1. The number of thiol groups is 12. The molecule has 4 atom stereocenters. The highest BCUT2D eigenvalue weighted by atomic mass is 32.2. The normalized spacial score (nSPS) is 12.0. The predicted octanol–water partition coefficient (Wildman–Crippen LogP) is 9.69. The largest absolute Gasteiger partial charge is 0.480 e. The molecular formula is C40H56O7S13. The van der Waals surface area contributed by atoms with Crippen LogP contribution in [0.3, 0.4) is 0 Å². The molecule has 20 heteroatoms. The van der Waals surface area contributed by atoms with Gasteiger partial charge in [-0.25, -0.2) is 0 Å². The average molecular weight is 1070 g/mol. The van der Waals surface area contributed by atoms with Crippen LogP contribution in [-0.2, 0) is 37.3 Å². The molecule has 0 spiro atoms. The molecule has 0 heterocycles. The summed E-state index contributed by atoms with van der Waals surface area (Å²) in [5.41, 5.74) is 5.08. The van der Waals surface area contributed by atoms with E-state index in [4.69, 9.17) is 25.2 Å². The third-order valence-corrected chi connectivity index (χ3v) is 12.2. The molecule has 0 radical (unpaired) electrons. The zero-order chi connectivity index (χ0) is 45.9. The van der Waals surface area contributed by atoms with Crippen molar-refractivity contribution in [3.8, 4) is 0 Å². The van der Waals surface area contributed by atoms with Crippen LogP contribution in [0.5, 0.6) is 0 Å². The van der Waals surface area contributed by atoms with E-state index in [1.54, 1.807) is 11.8 Å². The molecule has 0 saturated heterocycles. The zero-order valence-corrected chi connectivity index (χ0v) is 44.0. The number of ether oxygens (including phenoxy) is 1. The Labute approximate surface area is 426 Å². The van der Waals surface area contributed by atoms with E-state index < -0.39 is 34.6 Å². The number of carboxylic acid groups (broad SMARTS) is 2. The summed E-state index contributed by atoms with van der Waals surface area (Å²) in [6.45, 7) is 1.48. The molecule has 60 heavy (non-hydrogen) atoms. The lowest BCUT2D eigenvalue weighted by Gasteiger charge is -2.11. The van der Waals surface area contributed by atoms with Gasteiger partial charge in [0.2, 0.25) is 0 Å². The standard InChI is InChI=1S/C12H10S3.2C8H10S2.C4H6O4S2.C4H10O2S2.C4H10OS2/c13-9-1-5-11(6-2-9)15-12-7-3-10(14)4-8-12;9-5-7-2-1-3-8(4-7)6-10;9-5-7-3-1-2-4-8(7)6-10;5-3(6)1(9)2(10)4(7)8;5-3(1-7)4(6)2-8;6-3-1-5-2-4-7/h1-8,13-14H;2*1-4,9-10H,5-6H2;1-2,9-10H,(H,5,6)(H,7,8);3-8H,1-2H2;6-7H,1-4H2/t;;;1-,2+;3-,4-;/m....0./s1. The van der Waals surface area contributed by atoms with Crippen molar-refractivity contribution in [3.63, 3.8) is 0 Å². The van der Waals surface area contributed by atoms with Crippen molar-refractivity contribution in [1.29, 1.82) is 0 Å². The number of carboxylic acids is 2. The van der Waals surface area contributed by atoms with Gasteiger partial charge in [-0.05, 0) is 70.8 Å². The molecule has 7 nitrogen and oxygen atoms in total. The predicted molar refractivity (Wildman–Crippen MR) is 294 cm³/mol. The van der Waals surface area contributed by atoms with Gasteiger partial charge in [-0.2, -0.15) is 126 Å². The molecule has 4 N–H and O–H groups in total. The maximum Gasteiger partial charge on any atom is 0.318 e. The van der Waals surface area contributed by atoms with Crippen molar-refractivity contribution >= 4 is 175 Å². The highest BCUT2D eigenvalue weighted by molar-refractivity contribution is 7.99. The summed E-state index contributed by atoms with van der Waals surface area (Å²) in [4.78, 5) is 24.5. The van der Waals surface area contributed by atoms with Crippen molar-refractivity contribution < 1.29 is 34.8 Å². The van der Waals surface area contributed by atoms with Crippen LogP contribution in [0.25, 0.3) is 0 Å². The van der Waals surface area contributed by atoms with Gasteiger partial charge in [-0.3, -0.25) is 9.59 Å². The minimum Gasteiger partial charge on any atom is -0.480 e. The quantitative estimate of drug-likeness (QED) is 0.0396. The first-order valence-corrected chi connectivity index (χ1v) is 25.4. The lowest BCUT2D eigenvalue weighted by atomic mass is 10.1. The molecule has 4 aromatic carbocycles. The number of aliphatic hydroxyl groups excluding tert-OH is 2. The molecule has 0 bridgehead atoms. The summed E-state index contributed by atoms with van der Waals surface area (Å²) in [5.74, 6) is 2.80. The number of hydrogen-bond acceptors (Lipinski definition) is 18.